The van der Waals surface area contributed by atoms with Gasteiger partial charge < -0.3 is 21.5 Å². The van der Waals surface area contributed by atoms with Gasteiger partial charge in [-0.15, -0.1) is 0 Å². The monoisotopic (exact) mass is 324 g/mol. The number of nitrogens with zero attached hydrogens (tertiary/aromatic N) is 1. The topological polar surface area (TPSA) is 76.5 Å². The normalized spacial score (nSPS) is 42.8. The zero-order valence-corrected chi connectivity index (χ0v) is 14.9. The molecule has 1 aliphatic heterocycles. The Bertz CT molecular complexity index is 376. The van der Waals surface area contributed by atoms with Crippen molar-refractivity contribution >= 4 is 0 Å². The first kappa shape index (κ1) is 17.6. The molecule has 2 saturated carbocycles. The van der Waals surface area contributed by atoms with E-state index in [4.69, 9.17) is 16.2 Å². The Morgan fingerprint density at radius 1 is 1.17 bits per heavy atom. The van der Waals surface area contributed by atoms with E-state index < -0.39 is 0 Å². The summed E-state index contributed by atoms with van der Waals surface area (Å²) < 4.78 is 6.49. The van der Waals surface area contributed by atoms with Crippen LogP contribution in [0, 0.1) is 17.8 Å². The third-order valence-corrected chi connectivity index (χ3v) is 5.99. The zero-order valence-electron chi connectivity index (χ0n) is 14.9. The van der Waals surface area contributed by atoms with E-state index in [2.05, 4.69) is 24.2 Å². The lowest BCUT2D eigenvalue weighted by molar-refractivity contribution is -0.152. The third-order valence-electron chi connectivity index (χ3n) is 5.99. The second-order valence-corrected chi connectivity index (χ2v) is 8.36. The van der Waals surface area contributed by atoms with Gasteiger partial charge in [0.2, 0.25) is 0 Å². The molecule has 1 heterocycles. The minimum absolute atomic E-state index is 0.171. The summed E-state index contributed by atoms with van der Waals surface area (Å²) in [7, 11) is 2.17. The summed E-state index contributed by atoms with van der Waals surface area (Å²) in [4.78, 5) is 2.36. The molecule has 6 atom stereocenters. The fourth-order valence-corrected chi connectivity index (χ4v) is 4.47. The highest BCUT2D eigenvalue weighted by atomic mass is 16.5. The first-order valence-electron chi connectivity index (χ1n) is 9.61. The fraction of sp³-hybridized carbons (Fsp3) is 1.00. The number of nitrogens with two attached hydrogens (primary N) is 2. The molecule has 3 aliphatic rings. The Labute approximate surface area is 141 Å². The highest BCUT2D eigenvalue weighted by Crippen LogP contribution is 2.31. The van der Waals surface area contributed by atoms with Crippen LogP contribution in [-0.4, -0.2) is 56.0 Å². The van der Waals surface area contributed by atoms with Gasteiger partial charge in [-0.25, -0.2) is 0 Å². The second kappa shape index (κ2) is 7.79. The first-order valence-corrected chi connectivity index (χ1v) is 9.61. The van der Waals surface area contributed by atoms with Gasteiger partial charge in [0, 0.05) is 24.5 Å². The van der Waals surface area contributed by atoms with Crippen LogP contribution in [0.3, 0.4) is 0 Å². The summed E-state index contributed by atoms with van der Waals surface area (Å²) in [6.07, 6.45) is 7.66. The van der Waals surface area contributed by atoms with E-state index in [0.29, 0.717) is 30.5 Å². The third kappa shape index (κ3) is 4.67. The number of likely N-dealkylation sites (tertiary alicyclic amines) is 1. The molecule has 3 rings (SSSR count). The molecule has 5 N–H and O–H groups in total. The molecule has 5 heteroatoms. The molecule has 6 unspecified atom stereocenters. The van der Waals surface area contributed by atoms with Crippen LogP contribution in [0.1, 0.15) is 45.4 Å². The van der Waals surface area contributed by atoms with Crippen molar-refractivity contribution in [3.63, 3.8) is 0 Å². The van der Waals surface area contributed by atoms with E-state index in [9.17, 15) is 0 Å². The Hall–Kier alpha value is -0.200. The predicted octanol–water partition coefficient (Wildman–Crippen LogP) is 1.12. The maximum atomic E-state index is 6.49. The van der Waals surface area contributed by atoms with Crippen LogP contribution in [0.15, 0.2) is 0 Å². The van der Waals surface area contributed by atoms with E-state index in [1.807, 2.05) is 0 Å². The van der Waals surface area contributed by atoms with Crippen molar-refractivity contribution in [1.29, 1.82) is 0 Å². The molecule has 0 amide bonds. The van der Waals surface area contributed by atoms with Crippen LogP contribution in [-0.2, 0) is 4.74 Å². The smallest absolute Gasteiger partial charge is 0.114 e. The molecule has 0 bridgehead atoms. The lowest BCUT2D eigenvalue weighted by atomic mass is 9.87. The van der Waals surface area contributed by atoms with Crippen molar-refractivity contribution < 1.29 is 4.74 Å². The van der Waals surface area contributed by atoms with Gasteiger partial charge in [-0.2, -0.15) is 0 Å². The SMILES string of the molecule is CC1CC(CN)C(OC2CCC(NCC3CC3)C(N)C2)N(C)C1. The highest BCUT2D eigenvalue weighted by Gasteiger charge is 2.37. The first-order chi connectivity index (χ1) is 11.1. The quantitative estimate of drug-likeness (QED) is 0.683. The van der Waals surface area contributed by atoms with Gasteiger partial charge in [0.1, 0.15) is 6.23 Å². The fourth-order valence-electron chi connectivity index (χ4n) is 4.47. The zero-order chi connectivity index (χ0) is 16.4. The molecular formula is C18H36N4O. The van der Waals surface area contributed by atoms with Crippen molar-refractivity contribution in [3.05, 3.63) is 0 Å². The Kier molecular flexibility index (Phi) is 5.97. The van der Waals surface area contributed by atoms with Gasteiger partial charge >= 0.3 is 0 Å². The number of hydrogen-bond donors (Lipinski definition) is 3. The van der Waals surface area contributed by atoms with E-state index in [-0.39, 0.29) is 12.3 Å². The molecule has 1 saturated heterocycles. The van der Waals surface area contributed by atoms with Crippen molar-refractivity contribution in [2.45, 2.75) is 69.9 Å². The standard InChI is InChI=1S/C18H36N4O/c1-12-7-14(9-19)18(22(2)11-12)23-15-5-6-17(16(20)8-15)21-10-13-3-4-13/h12-18,21H,3-11,19-20H2,1-2H3. The summed E-state index contributed by atoms with van der Waals surface area (Å²) in [5.74, 6) is 2.07. The van der Waals surface area contributed by atoms with Gasteiger partial charge in [0.05, 0.1) is 6.10 Å². The van der Waals surface area contributed by atoms with Crippen LogP contribution in [0.5, 0.6) is 0 Å². The minimum atomic E-state index is 0.171. The molecule has 0 aromatic rings. The number of rotatable bonds is 6. The Balaban J connectivity index is 1.48. The van der Waals surface area contributed by atoms with E-state index in [0.717, 1.165) is 38.3 Å². The maximum absolute atomic E-state index is 6.49. The average Bonchev–Trinajstić information content (AvgIpc) is 3.33. The molecule has 3 fully saturated rings. The molecule has 23 heavy (non-hydrogen) atoms. The van der Waals surface area contributed by atoms with Crippen molar-refractivity contribution in [2.75, 3.05) is 26.7 Å². The lowest BCUT2D eigenvalue weighted by Crippen LogP contribution is -2.54. The molecule has 0 spiro atoms. The molecule has 0 aromatic carbocycles. The van der Waals surface area contributed by atoms with Crippen molar-refractivity contribution in [3.8, 4) is 0 Å². The molecule has 134 valence electrons. The predicted molar refractivity (Wildman–Crippen MR) is 94.0 cm³/mol. The van der Waals surface area contributed by atoms with Crippen LogP contribution in [0.25, 0.3) is 0 Å². The summed E-state index contributed by atoms with van der Waals surface area (Å²) in [5, 5.41) is 3.68. The lowest BCUT2D eigenvalue weighted by Gasteiger charge is -2.44. The number of nitrogens with one attached hydrogen (secondary N) is 1. The second-order valence-electron chi connectivity index (χ2n) is 8.36. The van der Waals surface area contributed by atoms with Crippen molar-refractivity contribution in [2.24, 2.45) is 29.2 Å². The summed E-state index contributed by atoms with van der Waals surface area (Å²) in [5.41, 5.74) is 12.4. The largest absolute Gasteiger partial charge is 0.360 e. The molecule has 5 nitrogen and oxygen atoms in total. The summed E-state index contributed by atoms with van der Waals surface area (Å²) in [6, 6.07) is 0.696. The molecular weight excluding hydrogens is 288 g/mol. The molecule has 2 aliphatic carbocycles. The average molecular weight is 325 g/mol. The minimum Gasteiger partial charge on any atom is -0.360 e. The van der Waals surface area contributed by atoms with Crippen LogP contribution in [0.2, 0.25) is 0 Å². The molecule has 0 aromatic heterocycles. The van der Waals surface area contributed by atoms with Gasteiger partial charge in [-0.05, 0) is 70.5 Å². The Morgan fingerprint density at radius 2 is 1.96 bits per heavy atom. The summed E-state index contributed by atoms with van der Waals surface area (Å²) >= 11 is 0. The summed E-state index contributed by atoms with van der Waals surface area (Å²) in [6.45, 7) is 5.28. The van der Waals surface area contributed by atoms with E-state index >= 15 is 0 Å². The highest BCUT2D eigenvalue weighted by molar-refractivity contribution is 4.91. The van der Waals surface area contributed by atoms with Crippen molar-refractivity contribution in [1.82, 2.24) is 10.2 Å². The van der Waals surface area contributed by atoms with E-state index in [1.54, 1.807) is 0 Å². The van der Waals surface area contributed by atoms with Gasteiger partial charge in [0.25, 0.3) is 0 Å². The van der Waals surface area contributed by atoms with Gasteiger partial charge in [-0.3, -0.25) is 4.90 Å². The number of hydrogen-bond acceptors (Lipinski definition) is 5. The van der Waals surface area contributed by atoms with Gasteiger partial charge in [-0.1, -0.05) is 6.92 Å². The van der Waals surface area contributed by atoms with Gasteiger partial charge in [0.15, 0.2) is 0 Å². The van der Waals surface area contributed by atoms with Crippen LogP contribution >= 0.6 is 0 Å². The molecule has 0 radical (unpaired) electrons. The van der Waals surface area contributed by atoms with Crippen LogP contribution in [0.4, 0.5) is 0 Å². The van der Waals surface area contributed by atoms with Crippen LogP contribution < -0.4 is 16.8 Å². The number of ether oxygens (including phenoxy) is 1. The maximum Gasteiger partial charge on any atom is 0.114 e. The Morgan fingerprint density at radius 3 is 2.61 bits per heavy atom. The number of piperidine rings is 1. The van der Waals surface area contributed by atoms with E-state index in [1.165, 1.54) is 19.3 Å².